The molecule has 0 radical (unpaired) electrons. The predicted octanol–water partition coefficient (Wildman–Crippen LogP) is 2.66. The molecular weight excluding hydrogens is 201 g/mol. The lowest BCUT2D eigenvalue weighted by Crippen LogP contribution is -2.02. The van der Waals surface area contributed by atoms with Gasteiger partial charge in [-0.1, -0.05) is 37.0 Å². The summed E-state index contributed by atoms with van der Waals surface area (Å²) in [5.41, 5.74) is -0.603. The minimum absolute atomic E-state index is 0.0217. The van der Waals surface area contributed by atoms with Crippen molar-refractivity contribution in [3.05, 3.63) is 10.6 Å². The van der Waals surface area contributed by atoms with Gasteiger partial charge >= 0.3 is 5.97 Å². The molecule has 2 nitrogen and oxygen atoms in total. The Morgan fingerprint density at radius 1 is 1.67 bits per heavy atom. The highest BCUT2D eigenvalue weighted by molar-refractivity contribution is 6.55. The molecule has 0 aromatic carbocycles. The first-order chi connectivity index (χ1) is 5.74. The monoisotopic (exact) mass is 211 g/mol. The van der Waals surface area contributed by atoms with Crippen molar-refractivity contribution in [1.82, 2.24) is 0 Å². The maximum atomic E-state index is 10.8. The number of carboxylic acids is 1. The van der Waals surface area contributed by atoms with Gasteiger partial charge in [0.05, 0.1) is 5.89 Å². The predicted molar refractivity (Wildman–Crippen MR) is 48.2 cm³/mol. The zero-order valence-corrected chi connectivity index (χ0v) is 8.28. The Hall–Kier alpha value is -0.210. The summed E-state index contributed by atoms with van der Waals surface area (Å²) in [5.74, 6) is -3.03. The van der Waals surface area contributed by atoms with Crippen LogP contribution in [0.5, 0.6) is 0 Å². The Balaban J connectivity index is 2.95. The van der Waals surface area contributed by atoms with Gasteiger partial charge in [-0.3, -0.25) is 4.79 Å². The summed E-state index contributed by atoms with van der Waals surface area (Å²) in [4.78, 5) is 10.8. The van der Waals surface area contributed by atoms with Crippen LogP contribution in [0.3, 0.4) is 0 Å². The van der Waals surface area contributed by atoms with E-state index >= 15 is 0 Å². The highest BCUT2D eigenvalue weighted by Gasteiger charge is 2.60. The number of hydrogen-bond acceptors (Lipinski definition) is 1. The zero-order valence-electron chi connectivity index (χ0n) is 7.77. The van der Waals surface area contributed by atoms with Crippen molar-refractivity contribution in [2.45, 2.75) is 13.8 Å². The molecule has 68 valence electrons. The Morgan fingerprint density at radius 2 is 2.17 bits per heavy atom. The van der Waals surface area contributed by atoms with Crippen molar-refractivity contribution >= 4 is 29.2 Å². The molecular formula is C8H10Cl2O2. The molecule has 1 N–H and O–H groups in total. The molecule has 0 aliphatic heterocycles. The van der Waals surface area contributed by atoms with Gasteiger partial charge in [0.25, 0.3) is 0 Å². The smallest absolute Gasteiger partial charge is 0.307 e. The average Bonchev–Trinajstić information content (AvgIpc) is 2.35. The molecule has 0 aromatic heterocycles. The van der Waals surface area contributed by atoms with Crippen LogP contribution in [-0.4, -0.2) is 11.1 Å². The van der Waals surface area contributed by atoms with Crippen LogP contribution in [0.15, 0.2) is 10.6 Å². The molecule has 1 aliphatic carbocycles. The summed E-state index contributed by atoms with van der Waals surface area (Å²) < 4.78 is 7.71. The van der Waals surface area contributed by atoms with Crippen LogP contribution >= 0.6 is 23.2 Å². The third-order valence-electron chi connectivity index (χ3n) is 2.22. The second kappa shape index (κ2) is 2.93. The molecule has 1 rings (SSSR count). The van der Waals surface area contributed by atoms with Crippen LogP contribution in [0.2, 0.25) is 0 Å². The van der Waals surface area contributed by atoms with Crippen LogP contribution in [0.25, 0.3) is 0 Å². The molecule has 0 spiro atoms. The van der Waals surface area contributed by atoms with Gasteiger partial charge in [-0.25, -0.2) is 0 Å². The van der Waals surface area contributed by atoms with Gasteiger partial charge in [0.15, 0.2) is 0 Å². The minimum atomic E-state index is -1.48. The van der Waals surface area contributed by atoms with E-state index in [2.05, 4.69) is 0 Å². The van der Waals surface area contributed by atoms with Gasteiger partial charge in [0, 0.05) is 1.37 Å². The van der Waals surface area contributed by atoms with Crippen LogP contribution in [0.4, 0.5) is 0 Å². The molecule has 0 bridgehead atoms. The van der Waals surface area contributed by atoms with Gasteiger partial charge in [0.1, 0.15) is 4.49 Å². The summed E-state index contributed by atoms with van der Waals surface area (Å²) in [6.07, 6.45) is 1.42. The fraction of sp³-hybridized carbons (Fsp3) is 0.625. The van der Waals surface area contributed by atoms with Crippen molar-refractivity contribution in [3.8, 4) is 0 Å². The number of allylic oxidation sites excluding steroid dienone is 1. The highest BCUT2D eigenvalue weighted by atomic mass is 35.5. The Labute approximate surface area is 82.6 Å². The van der Waals surface area contributed by atoms with E-state index in [1.807, 2.05) is 0 Å². The van der Waals surface area contributed by atoms with Crippen molar-refractivity contribution < 1.29 is 11.3 Å². The van der Waals surface area contributed by atoms with E-state index in [4.69, 9.17) is 29.7 Å². The third kappa shape index (κ3) is 1.59. The second-order valence-corrected chi connectivity index (χ2v) is 4.38. The summed E-state index contributed by atoms with van der Waals surface area (Å²) in [7, 11) is 0. The van der Waals surface area contributed by atoms with Crippen LogP contribution in [-0.2, 0) is 4.79 Å². The van der Waals surface area contributed by atoms with Gasteiger partial charge < -0.3 is 5.11 Å². The molecule has 4 heteroatoms. The van der Waals surface area contributed by atoms with Crippen molar-refractivity contribution in [3.63, 3.8) is 0 Å². The summed E-state index contributed by atoms with van der Waals surface area (Å²) in [6.45, 7) is 3.43. The van der Waals surface area contributed by atoms with Crippen molar-refractivity contribution in [1.29, 1.82) is 0 Å². The lowest BCUT2D eigenvalue weighted by atomic mass is 10.1. The summed E-state index contributed by atoms with van der Waals surface area (Å²) in [5, 5.41) is 8.83. The molecule has 2 atom stereocenters. The van der Waals surface area contributed by atoms with E-state index in [0.29, 0.717) is 0 Å². The van der Waals surface area contributed by atoms with Crippen LogP contribution < -0.4 is 0 Å². The molecule has 12 heavy (non-hydrogen) atoms. The first-order valence-corrected chi connectivity index (χ1v) is 4.26. The number of carboxylic acid groups (broad SMARTS) is 1. The van der Waals surface area contributed by atoms with Gasteiger partial charge in [-0.05, 0) is 17.4 Å². The highest BCUT2D eigenvalue weighted by Crippen LogP contribution is 2.59. The van der Waals surface area contributed by atoms with Crippen LogP contribution in [0, 0.1) is 17.2 Å². The van der Waals surface area contributed by atoms with E-state index in [9.17, 15) is 4.79 Å². The van der Waals surface area contributed by atoms with Crippen molar-refractivity contribution in [2.24, 2.45) is 17.2 Å². The largest absolute Gasteiger partial charge is 0.481 e. The molecule has 0 unspecified atom stereocenters. The summed E-state index contributed by atoms with van der Waals surface area (Å²) in [6, 6.07) is 0. The number of rotatable bonds is 2. The quantitative estimate of drug-likeness (QED) is 0.714. The maximum Gasteiger partial charge on any atom is 0.307 e. The van der Waals surface area contributed by atoms with E-state index in [-0.39, 0.29) is 4.49 Å². The molecule has 1 saturated carbocycles. The fourth-order valence-electron chi connectivity index (χ4n) is 1.41. The van der Waals surface area contributed by atoms with E-state index in [0.717, 1.165) is 0 Å². The van der Waals surface area contributed by atoms with E-state index < -0.39 is 23.2 Å². The zero-order chi connectivity index (χ0) is 10.4. The average molecular weight is 212 g/mol. The van der Waals surface area contributed by atoms with E-state index in [1.54, 1.807) is 13.8 Å². The number of halogens is 2. The van der Waals surface area contributed by atoms with Gasteiger partial charge in [-0.2, -0.15) is 0 Å². The fourth-order valence-corrected chi connectivity index (χ4v) is 1.66. The maximum absolute atomic E-state index is 10.8. The Morgan fingerprint density at radius 3 is 2.42 bits per heavy atom. The van der Waals surface area contributed by atoms with Crippen LogP contribution in [0.1, 0.15) is 15.2 Å². The Kier molecular flexibility index (Phi) is 2.05. The standard InChI is InChI=1S/C8H10Cl2O2/c1-8(2)4(3-5(9)10)6(8)7(11)12/h3-4,6H,1-2H3,(H,11,12)/t4-,6-/m1/s1/i6+1D,7+1. The third-order valence-corrected chi connectivity index (χ3v) is 2.47. The van der Waals surface area contributed by atoms with Crippen molar-refractivity contribution in [2.75, 3.05) is 0 Å². The minimum Gasteiger partial charge on any atom is -0.481 e. The normalized spacial score (nSPS) is 38.3. The van der Waals surface area contributed by atoms with E-state index in [1.165, 1.54) is 6.08 Å². The second-order valence-electron chi connectivity index (χ2n) is 3.37. The Bertz CT molecular complexity index is 284. The lowest BCUT2D eigenvalue weighted by molar-refractivity contribution is -0.139. The molecule has 0 saturated heterocycles. The molecule has 0 amide bonds. The summed E-state index contributed by atoms with van der Waals surface area (Å²) >= 11 is 10.8. The number of hydrogen-bond donors (Lipinski definition) is 1. The van der Waals surface area contributed by atoms with Gasteiger partial charge in [-0.15, -0.1) is 0 Å². The van der Waals surface area contributed by atoms with Gasteiger partial charge in [0.2, 0.25) is 0 Å². The molecule has 0 heterocycles. The SMILES string of the molecule is [2H][13C@]1([13C](=O)O)[C@@H](C=C(Cl)Cl)C1(C)C. The number of aliphatic carboxylic acids is 1. The molecule has 1 fully saturated rings. The first kappa shape index (κ1) is 8.39. The molecule has 0 aromatic rings. The topological polar surface area (TPSA) is 37.3 Å². The first-order valence-electron chi connectivity index (χ1n) is 4.01. The number of carbonyl (C=O) groups is 1. The lowest BCUT2D eigenvalue weighted by Gasteiger charge is -1.96. The molecule has 1 aliphatic rings.